The first-order chi connectivity index (χ1) is 14.0. The number of nitrogens with zero attached hydrogens (tertiary/aromatic N) is 2. The molecule has 3 heterocycles. The lowest BCUT2D eigenvalue weighted by molar-refractivity contribution is -0.136. The monoisotopic (exact) mass is 399 g/mol. The zero-order chi connectivity index (χ0) is 20.5. The summed E-state index contributed by atoms with van der Waals surface area (Å²) in [5, 5.41) is 11.2. The fourth-order valence-corrected chi connectivity index (χ4v) is 4.60. The number of imide groups is 2. The first-order valence-electron chi connectivity index (χ1n) is 10.2. The summed E-state index contributed by atoms with van der Waals surface area (Å²) < 4.78 is 0. The first kappa shape index (κ1) is 19.6. The molecule has 1 aromatic carbocycles. The number of aliphatic hydroxyl groups is 1. The molecule has 4 rings (SSSR count). The maximum absolute atomic E-state index is 13.2. The highest BCUT2D eigenvalue weighted by molar-refractivity contribution is 6.25. The van der Waals surface area contributed by atoms with Gasteiger partial charge < -0.3 is 10.0 Å². The largest absolute Gasteiger partial charge is 0.396 e. The van der Waals surface area contributed by atoms with Crippen LogP contribution in [0.1, 0.15) is 59.2 Å². The molecule has 2 saturated heterocycles. The second-order valence-corrected chi connectivity index (χ2v) is 7.94. The Labute approximate surface area is 168 Å². The van der Waals surface area contributed by atoms with E-state index in [1.54, 1.807) is 12.1 Å². The number of hydrogen-bond acceptors (Lipinski definition) is 6. The molecule has 4 amide bonds. The molecule has 8 heteroatoms. The van der Waals surface area contributed by atoms with Crippen molar-refractivity contribution in [1.82, 2.24) is 10.2 Å². The van der Waals surface area contributed by atoms with Gasteiger partial charge in [0.15, 0.2) is 0 Å². The van der Waals surface area contributed by atoms with E-state index in [4.69, 9.17) is 5.11 Å². The maximum Gasteiger partial charge on any atom is 0.264 e. The predicted molar refractivity (Wildman–Crippen MR) is 104 cm³/mol. The van der Waals surface area contributed by atoms with Crippen LogP contribution in [0.2, 0.25) is 0 Å². The minimum Gasteiger partial charge on any atom is -0.396 e. The second-order valence-electron chi connectivity index (χ2n) is 7.94. The van der Waals surface area contributed by atoms with E-state index in [0.717, 1.165) is 49.4 Å². The van der Waals surface area contributed by atoms with Crippen LogP contribution in [0.3, 0.4) is 0 Å². The van der Waals surface area contributed by atoms with Gasteiger partial charge in [-0.1, -0.05) is 6.07 Å². The van der Waals surface area contributed by atoms with E-state index in [-0.39, 0.29) is 25.4 Å². The molecule has 3 aliphatic heterocycles. The molecule has 2 N–H and O–H groups in total. The minimum atomic E-state index is -0.947. The Balaban J connectivity index is 1.56. The summed E-state index contributed by atoms with van der Waals surface area (Å²) in [5.41, 5.74) is 1.41. The van der Waals surface area contributed by atoms with Crippen molar-refractivity contribution in [3.05, 3.63) is 29.3 Å². The molecule has 1 unspecified atom stereocenters. The van der Waals surface area contributed by atoms with E-state index in [1.165, 1.54) is 0 Å². The number of aliphatic hydroxyl groups excluding tert-OH is 1. The highest BCUT2D eigenvalue weighted by Crippen LogP contribution is 2.36. The lowest BCUT2D eigenvalue weighted by Gasteiger charge is -2.34. The molecule has 1 aromatic rings. The molecule has 0 radical (unpaired) electrons. The Kier molecular flexibility index (Phi) is 5.36. The molecule has 8 nitrogen and oxygen atoms in total. The molecule has 2 fully saturated rings. The van der Waals surface area contributed by atoms with Crippen molar-refractivity contribution < 1.29 is 24.3 Å². The van der Waals surface area contributed by atoms with Gasteiger partial charge in [0.1, 0.15) is 6.04 Å². The van der Waals surface area contributed by atoms with Crippen LogP contribution < -0.4 is 10.2 Å². The van der Waals surface area contributed by atoms with Crippen LogP contribution in [-0.2, 0) is 9.59 Å². The van der Waals surface area contributed by atoms with Crippen molar-refractivity contribution in [3.8, 4) is 0 Å². The van der Waals surface area contributed by atoms with Crippen molar-refractivity contribution in [2.75, 3.05) is 24.6 Å². The molecule has 0 spiro atoms. The summed E-state index contributed by atoms with van der Waals surface area (Å²) in [6.07, 6.45) is 4.02. The van der Waals surface area contributed by atoms with Gasteiger partial charge in [-0.05, 0) is 50.2 Å². The molecule has 0 aliphatic carbocycles. The predicted octanol–water partition coefficient (Wildman–Crippen LogP) is 1.08. The number of hydrogen-bond donors (Lipinski definition) is 2. The number of carbonyl (C=O) groups is 4. The van der Waals surface area contributed by atoms with Crippen LogP contribution in [0.5, 0.6) is 0 Å². The normalized spacial score (nSPS) is 22.9. The molecular weight excluding hydrogens is 374 g/mol. The average molecular weight is 399 g/mol. The van der Waals surface area contributed by atoms with E-state index in [1.807, 2.05) is 6.07 Å². The van der Waals surface area contributed by atoms with Gasteiger partial charge in [0.2, 0.25) is 11.8 Å². The fourth-order valence-electron chi connectivity index (χ4n) is 4.60. The molecule has 29 heavy (non-hydrogen) atoms. The molecule has 3 aliphatic rings. The van der Waals surface area contributed by atoms with Crippen molar-refractivity contribution in [1.29, 1.82) is 0 Å². The standard InChI is InChI=1S/C21H25N3O5/c25-12-2-3-13-8-10-23(11-9-13)15-5-1-4-14-18(15)21(29)24(20(14)28)16-6-7-17(26)22-19(16)27/h1,4-5,13,16,25H,2-3,6-12H2,(H,22,26,27). The van der Waals surface area contributed by atoms with E-state index in [0.29, 0.717) is 17.0 Å². The number of rotatable bonds is 5. The zero-order valence-electron chi connectivity index (χ0n) is 16.2. The highest BCUT2D eigenvalue weighted by atomic mass is 16.3. The van der Waals surface area contributed by atoms with Crippen LogP contribution in [0.15, 0.2) is 18.2 Å². The fraction of sp³-hybridized carbons (Fsp3) is 0.524. The number of amides is 4. The number of nitrogens with one attached hydrogen (secondary N) is 1. The lowest BCUT2D eigenvalue weighted by atomic mass is 9.91. The second kappa shape index (κ2) is 7.94. The SMILES string of the molecule is O=C1CCC(N2C(=O)c3cccc(N4CCC(CCCO)CC4)c3C2=O)C(=O)N1. The summed E-state index contributed by atoms with van der Waals surface area (Å²) in [4.78, 5) is 52.9. The van der Waals surface area contributed by atoms with Gasteiger partial charge in [0.05, 0.1) is 16.8 Å². The number of piperidine rings is 2. The molecule has 1 atom stereocenters. The van der Waals surface area contributed by atoms with Gasteiger partial charge in [-0.3, -0.25) is 29.4 Å². The maximum atomic E-state index is 13.2. The van der Waals surface area contributed by atoms with Crippen molar-refractivity contribution in [2.45, 2.75) is 44.6 Å². The Bertz CT molecular complexity index is 860. The van der Waals surface area contributed by atoms with E-state index < -0.39 is 23.8 Å². The highest BCUT2D eigenvalue weighted by Gasteiger charge is 2.46. The molecule has 0 bridgehead atoms. The van der Waals surface area contributed by atoms with Crippen LogP contribution >= 0.6 is 0 Å². The number of benzene rings is 1. The third-order valence-electron chi connectivity index (χ3n) is 6.17. The Hall–Kier alpha value is -2.74. The topological polar surface area (TPSA) is 107 Å². The van der Waals surface area contributed by atoms with Crippen molar-refractivity contribution >= 4 is 29.3 Å². The summed E-state index contributed by atoms with van der Waals surface area (Å²) in [6.45, 7) is 1.78. The third kappa shape index (κ3) is 3.53. The average Bonchev–Trinajstić information content (AvgIpc) is 2.98. The summed E-state index contributed by atoms with van der Waals surface area (Å²) in [6, 6.07) is 4.30. The van der Waals surface area contributed by atoms with E-state index >= 15 is 0 Å². The number of anilines is 1. The van der Waals surface area contributed by atoms with Crippen LogP contribution in [-0.4, -0.2) is 59.4 Å². The Morgan fingerprint density at radius 3 is 2.48 bits per heavy atom. The van der Waals surface area contributed by atoms with Crippen LogP contribution in [0.25, 0.3) is 0 Å². The summed E-state index contributed by atoms with van der Waals surface area (Å²) in [7, 11) is 0. The van der Waals surface area contributed by atoms with E-state index in [2.05, 4.69) is 10.2 Å². The molecule has 0 aromatic heterocycles. The molecular formula is C21H25N3O5. The first-order valence-corrected chi connectivity index (χ1v) is 10.2. The van der Waals surface area contributed by atoms with Gasteiger partial charge in [0.25, 0.3) is 11.8 Å². The molecule has 154 valence electrons. The summed E-state index contributed by atoms with van der Waals surface area (Å²) in [5.74, 6) is -1.35. The van der Waals surface area contributed by atoms with Crippen molar-refractivity contribution in [3.63, 3.8) is 0 Å². The number of fused-ring (bicyclic) bond motifs is 1. The summed E-state index contributed by atoms with van der Waals surface area (Å²) >= 11 is 0. The lowest BCUT2D eigenvalue weighted by Crippen LogP contribution is -2.54. The Morgan fingerprint density at radius 2 is 1.79 bits per heavy atom. The van der Waals surface area contributed by atoms with Crippen LogP contribution in [0.4, 0.5) is 5.69 Å². The van der Waals surface area contributed by atoms with Crippen molar-refractivity contribution in [2.24, 2.45) is 5.92 Å². The van der Waals surface area contributed by atoms with Gasteiger partial charge in [-0.15, -0.1) is 0 Å². The third-order valence-corrected chi connectivity index (χ3v) is 6.17. The molecule has 0 saturated carbocycles. The minimum absolute atomic E-state index is 0.109. The van der Waals surface area contributed by atoms with Gasteiger partial charge in [0, 0.05) is 26.1 Å². The van der Waals surface area contributed by atoms with E-state index in [9.17, 15) is 19.2 Å². The quantitative estimate of drug-likeness (QED) is 0.718. The van der Waals surface area contributed by atoms with Crippen LogP contribution in [0, 0.1) is 5.92 Å². The van der Waals surface area contributed by atoms with Gasteiger partial charge in [-0.25, -0.2) is 0 Å². The Morgan fingerprint density at radius 1 is 1.03 bits per heavy atom. The number of carbonyl (C=O) groups excluding carboxylic acids is 4. The smallest absolute Gasteiger partial charge is 0.264 e. The zero-order valence-corrected chi connectivity index (χ0v) is 16.2. The van der Waals surface area contributed by atoms with Gasteiger partial charge >= 0.3 is 0 Å². The van der Waals surface area contributed by atoms with Gasteiger partial charge in [-0.2, -0.15) is 0 Å².